The third-order valence-corrected chi connectivity index (χ3v) is 4.14. The van der Waals surface area contributed by atoms with Crippen LogP contribution in [0, 0.1) is 6.92 Å². The number of pyridine rings is 1. The Kier molecular flexibility index (Phi) is 4.65. The van der Waals surface area contributed by atoms with Crippen molar-refractivity contribution in [3.63, 3.8) is 0 Å². The molecule has 3 rings (SSSR count). The second kappa shape index (κ2) is 6.89. The number of imidazole rings is 1. The molecule has 0 saturated carbocycles. The molecule has 5 nitrogen and oxygen atoms in total. The minimum Gasteiger partial charge on any atom is -0.453 e. The highest BCUT2D eigenvalue weighted by Gasteiger charge is 2.15. The van der Waals surface area contributed by atoms with Gasteiger partial charge in [-0.05, 0) is 30.5 Å². The summed E-state index contributed by atoms with van der Waals surface area (Å²) >= 11 is 0. The van der Waals surface area contributed by atoms with Crippen molar-refractivity contribution in [2.45, 2.75) is 26.7 Å². The van der Waals surface area contributed by atoms with Crippen LogP contribution in [0.1, 0.15) is 51.9 Å². The highest BCUT2D eigenvalue weighted by molar-refractivity contribution is 5.99. The molecule has 0 spiro atoms. The lowest BCUT2D eigenvalue weighted by Gasteiger charge is -2.06. The van der Waals surface area contributed by atoms with E-state index in [1.54, 1.807) is 18.3 Å². The molecular formula is C20H20N2O3. The van der Waals surface area contributed by atoms with E-state index in [2.05, 4.69) is 18.8 Å². The summed E-state index contributed by atoms with van der Waals surface area (Å²) in [6.45, 7) is 5.81. The number of aromatic nitrogens is 2. The first-order valence-electron chi connectivity index (χ1n) is 8.20. The highest BCUT2D eigenvalue weighted by atomic mass is 16.5. The molecule has 0 fully saturated rings. The predicted molar refractivity (Wildman–Crippen MR) is 95.1 cm³/mol. The SMILES string of the molecule is Cc1cccc2nc(C(=O)OCC(=O)c3ccc(C(C)C)cc3)cn12. The number of carbonyl (C=O) groups excluding carboxylic acids is 2. The first-order valence-corrected chi connectivity index (χ1v) is 8.20. The Morgan fingerprint density at radius 3 is 2.48 bits per heavy atom. The molecule has 0 atom stereocenters. The third kappa shape index (κ3) is 3.60. The van der Waals surface area contributed by atoms with Crippen molar-refractivity contribution in [1.82, 2.24) is 9.38 Å². The van der Waals surface area contributed by atoms with Gasteiger partial charge in [0.1, 0.15) is 5.65 Å². The molecule has 0 radical (unpaired) electrons. The lowest BCUT2D eigenvalue weighted by Crippen LogP contribution is -2.14. The van der Waals surface area contributed by atoms with Gasteiger partial charge in [-0.15, -0.1) is 0 Å². The zero-order valence-electron chi connectivity index (χ0n) is 14.5. The van der Waals surface area contributed by atoms with E-state index in [0.29, 0.717) is 17.1 Å². The zero-order chi connectivity index (χ0) is 18.0. The number of ether oxygens (including phenoxy) is 1. The molecule has 0 N–H and O–H groups in total. The molecule has 2 heterocycles. The minimum absolute atomic E-state index is 0.192. The van der Waals surface area contributed by atoms with Gasteiger partial charge in [0.05, 0.1) is 0 Å². The van der Waals surface area contributed by atoms with E-state index in [-0.39, 0.29) is 18.1 Å². The van der Waals surface area contributed by atoms with Gasteiger partial charge in [-0.25, -0.2) is 9.78 Å². The number of carbonyl (C=O) groups is 2. The lowest BCUT2D eigenvalue weighted by molar-refractivity contribution is 0.0469. The van der Waals surface area contributed by atoms with Crippen LogP contribution < -0.4 is 0 Å². The van der Waals surface area contributed by atoms with Crippen LogP contribution >= 0.6 is 0 Å². The van der Waals surface area contributed by atoms with Crippen molar-refractivity contribution in [3.8, 4) is 0 Å². The molecule has 0 aliphatic carbocycles. The number of aryl methyl sites for hydroxylation is 1. The summed E-state index contributed by atoms with van der Waals surface area (Å²) in [4.78, 5) is 28.6. The summed E-state index contributed by atoms with van der Waals surface area (Å²) in [7, 11) is 0. The van der Waals surface area contributed by atoms with Crippen molar-refractivity contribution >= 4 is 17.4 Å². The molecule has 3 aromatic rings. The summed E-state index contributed by atoms with van der Waals surface area (Å²) in [5.41, 5.74) is 3.52. The maximum atomic E-state index is 12.2. The van der Waals surface area contributed by atoms with Crippen LogP contribution in [-0.4, -0.2) is 27.7 Å². The van der Waals surface area contributed by atoms with Gasteiger partial charge in [-0.1, -0.05) is 44.2 Å². The topological polar surface area (TPSA) is 60.7 Å². The average Bonchev–Trinajstić information content (AvgIpc) is 3.05. The second-order valence-electron chi connectivity index (χ2n) is 6.30. The summed E-state index contributed by atoms with van der Waals surface area (Å²) < 4.78 is 6.94. The average molecular weight is 336 g/mol. The van der Waals surface area contributed by atoms with Crippen LogP contribution in [0.2, 0.25) is 0 Å². The van der Waals surface area contributed by atoms with Crippen LogP contribution in [0.25, 0.3) is 5.65 Å². The summed E-state index contributed by atoms with van der Waals surface area (Å²) in [5.74, 6) is -0.431. The van der Waals surface area contributed by atoms with Gasteiger partial charge in [0.25, 0.3) is 0 Å². The third-order valence-electron chi connectivity index (χ3n) is 4.14. The fourth-order valence-electron chi connectivity index (χ4n) is 2.59. The standard InChI is InChI=1S/C20H20N2O3/c1-13(2)15-7-9-16(10-8-15)18(23)12-25-20(24)17-11-22-14(3)5-4-6-19(22)21-17/h4-11,13H,12H2,1-3H3. The Morgan fingerprint density at radius 1 is 1.12 bits per heavy atom. The Bertz CT molecular complexity index is 924. The number of rotatable bonds is 5. The van der Waals surface area contributed by atoms with Crippen molar-refractivity contribution in [2.24, 2.45) is 0 Å². The Balaban J connectivity index is 1.66. The maximum absolute atomic E-state index is 12.2. The van der Waals surface area contributed by atoms with Crippen molar-refractivity contribution in [2.75, 3.05) is 6.61 Å². The summed E-state index contributed by atoms with van der Waals surface area (Å²) in [6.07, 6.45) is 1.62. The quantitative estimate of drug-likeness (QED) is 0.525. The fourth-order valence-corrected chi connectivity index (χ4v) is 2.59. The monoisotopic (exact) mass is 336 g/mol. The van der Waals surface area contributed by atoms with Gasteiger partial charge < -0.3 is 9.14 Å². The molecule has 5 heteroatoms. The molecule has 128 valence electrons. The minimum atomic E-state index is -0.602. The first-order chi connectivity index (χ1) is 12.0. The molecule has 1 aromatic carbocycles. The predicted octanol–water partition coefficient (Wildman–Crippen LogP) is 3.81. The number of hydrogen-bond acceptors (Lipinski definition) is 4. The Hall–Kier alpha value is -2.95. The van der Waals surface area contributed by atoms with Gasteiger partial charge in [0.2, 0.25) is 0 Å². The van der Waals surface area contributed by atoms with Crippen molar-refractivity contribution < 1.29 is 14.3 Å². The van der Waals surface area contributed by atoms with Gasteiger partial charge in [0.15, 0.2) is 18.1 Å². The van der Waals surface area contributed by atoms with E-state index >= 15 is 0 Å². The molecule has 0 unspecified atom stereocenters. The van der Waals surface area contributed by atoms with E-state index in [1.165, 1.54) is 0 Å². The van der Waals surface area contributed by atoms with Gasteiger partial charge in [-0.2, -0.15) is 0 Å². The number of hydrogen-bond donors (Lipinski definition) is 0. The molecule has 0 aliphatic heterocycles. The van der Waals surface area contributed by atoms with E-state index in [4.69, 9.17) is 4.74 Å². The normalized spacial score (nSPS) is 11.0. The number of Topliss-reactive ketones (excluding diaryl/α,β-unsaturated/α-hetero) is 1. The molecule has 0 saturated heterocycles. The fraction of sp³-hybridized carbons (Fsp3) is 0.250. The van der Waals surface area contributed by atoms with Crippen molar-refractivity contribution in [3.05, 3.63) is 71.2 Å². The van der Waals surface area contributed by atoms with Crippen LogP contribution in [0.3, 0.4) is 0 Å². The van der Waals surface area contributed by atoms with Crippen LogP contribution in [0.4, 0.5) is 0 Å². The summed E-state index contributed by atoms with van der Waals surface area (Å²) in [5, 5.41) is 0. The maximum Gasteiger partial charge on any atom is 0.359 e. The molecular weight excluding hydrogens is 316 g/mol. The molecule has 0 amide bonds. The van der Waals surface area contributed by atoms with Crippen LogP contribution in [0.15, 0.2) is 48.7 Å². The van der Waals surface area contributed by atoms with Crippen molar-refractivity contribution in [1.29, 1.82) is 0 Å². The Labute approximate surface area is 146 Å². The largest absolute Gasteiger partial charge is 0.453 e. The number of ketones is 1. The van der Waals surface area contributed by atoms with Gasteiger partial charge in [-0.3, -0.25) is 4.79 Å². The number of fused-ring (bicyclic) bond motifs is 1. The zero-order valence-corrected chi connectivity index (χ0v) is 14.5. The van der Waals surface area contributed by atoms with E-state index in [1.807, 2.05) is 41.7 Å². The molecule has 2 aromatic heterocycles. The molecule has 0 bridgehead atoms. The number of esters is 1. The molecule has 0 aliphatic rings. The van der Waals surface area contributed by atoms with Crippen LogP contribution in [-0.2, 0) is 4.74 Å². The van der Waals surface area contributed by atoms with Gasteiger partial charge >= 0.3 is 5.97 Å². The smallest absolute Gasteiger partial charge is 0.359 e. The van der Waals surface area contributed by atoms with E-state index in [9.17, 15) is 9.59 Å². The Morgan fingerprint density at radius 2 is 1.84 bits per heavy atom. The van der Waals surface area contributed by atoms with Crippen LogP contribution in [0.5, 0.6) is 0 Å². The van der Waals surface area contributed by atoms with E-state index in [0.717, 1.165) is 11.3 Å². The number of nitrogens with zero attached hydrogens (tertiary/aromatic N) is 2. The summed E-state index contributed by atoms with van der Waals surface area (Å²) in [6, 6.07) is 13.0. The first kappa shape index (κ1) is 16.9. The highest BCUT2D eigenvalue weighted by Crippen LogP contribution is 2.15. The molecule has 25 heavy (non-hydrogen) atoms. The van der Waals surface area contributed by atoms with Gasteiger partial charge in [0, 0.05) is 17.5 Å². The second-order valence-corrected chi connectivity index (χ2v) is 6.30. The van der Waals surface area contributed by atoms with E-state index < -0.39 is 5.97 Å². The number of benzene rings is 1. The lowest BCUT2D eigenvalue weighted by atomic mass is 10.0.